The van der Waals surface area contributed by atoms with Crippen LogP contribution in [0.15, 0.2) is 18.2 Å². The molecule has 1 aromatic carbocycles. The molecule has 4 rings (SSSR count). The van der Waals surface area contributed by atoms with E-state index in [0.29, 0.717) is 29.9 Å². The Balaban J connectivity index is 1.58. The van der Waals surface area contributed by atoms with Crippen LogP contribution >= 0.6 is 0 Å². The predicted octanol–water partition coefficient (Wildman–Crippen LogP) is 4.29. The fourth-order valence-corrected chi connectivity index (χ4v) is 4.66. The van der Waals surface area contributed by atoms with E-state index in [9.17, 15) is 5.11 Å². The molecule has 2 aliphatic rings. The molecule has 1 aliphatic heterocycles. The van der Waals surface area contributed by atoms with E-state index >= 15 is 0 Å². The summed E-state index contributed by atoms with van der Waals surface area (Å²) < 4.78 is 0. The molecule has 1 saturated heterocycles. The molecule has 32 heavy (non-hydrogen) atoms. The number of piperidine rings is 1. The van der Waals surface area contributed by atoms with Gasteiger partial charge < -0.3 is 25.5 Å². The van der Waals surface area contributed by atoms with E-state index in [1.165, 1.54) is 25.7 Å². The molecule has 0 amide bonds. The number of hydrogen-bond acceptors (Lipinski definition) is 8. The Morgan fingerprint density at radius 1 is 0.969 bits per heavy atom. The Hall–Kier alpha value is -2.61. The number of nitrogens with one attached hydrogen (secondary N) is 2. The van der Waals surface area contributed by atoms with Crippen LogP contribution in [-0.4, -0.2) is 64.2 Å². The van der Waals surface area contributed by atoms with Crippen molar-refractivity contribution in [2.45, 2.75) is 70.4 Å². The zero-order valence-electron chi connectivity index (χ0n) is 19.6. The maximum Gasteiger partial charge on any atom is 0.233 e. The van der Waals surface area contributed by atoms with E-state index in [4.69, 9.17) is 15.0 Å². The summed E-state index contributed by atoms with van der Waals surface area (Å²) in [7, 11) is 4.27. The lowest BCUT2D eigenvalue weighted by atomic mass is 10.0. The van der Waals surface area contributed by atoms with E-state index in [-0.39, 0.29) is 5.75 Å². The molecule has 3 N–H and O–H groups in total. The highest BCUT2D eigenvalue weighted by atomic mass is 16.3. The van der Waals surface area contributed by atoms with Crippen LogP contribution in [0.5, 0.6) is 5.75 Å². The van der Waals surface area contributed by atoms with Crippen LogP contribution in [0.4, 0.5) is 23.5 Å². The lowest BCUT2D eigenvalue weighted by Crippen LogP contribution is -2.42. The van der Waals surface area contributed by atoms with Crippen molar-refractivity contribution in [2.75, 3.05) is 42.7 Å². The monoisotopic (exact) mass is 439 g/mol. The first-order chi connectivity index (χ1) is 15.5. The number of rotatable bonds is 6. The Labute approximate surface area is 191 Å². The maximum atomic E-state index is 9.85. The molecule has 1 saturated carbocycles. The van der Waals surface area contributed by atoms with Gasteiger partial charge in [0.1, 0.15) is 5.75 Å². The summed E-state index contributed by atoms with van der Waals surface area (Å²) >= 11 is 0. The van der Waals surface area contributed by atoms with Gasteiger partial charge in [0.25, 0.3) is 0 Å². The van der Waals surface area contributed by atoms with Crippen LogP contribution in [0.3, 0.4) is 0 Å². The van der Waals surface area contributed by atoms with E-state index in [1.54, 1.807) is 6.07 Å². The first-order valence-electron chi connectivity index (χ1n) is 12.0. The number of aryl methyl sites for hydroxylation is 1. The quantitative estimate of drug-likeness (QED) is 0.454. The SMILES string of the molecule is Cc1cc(Nc2nc(NC3CCCCCC3)nc(N(C)C3CCN(C)CC3)n2)ccc1O. The van der Waals surface area contributed by atoms with Gasteiger partial charge in [-0.05, 0) is 76.5 Å². The largest absolute Gasteiger partial charge is 0.508 e. The summed E-state index contributed by atoms with van der Waals surface area (Å²) in [5.41, 5.74) is 1.66. The Kier molecular flexibility index (Phi) is 7.29. The molecule has 174 valence electrons. The molecule has 8 nitrogen and oxygen atoms in total. The van der Waals surface area contributed by atoms with Gasteiger partial charge in [-0.2, -0.15) is 15.0 Å². The van der Waals surface area contributed by atoms with Crippen molar-refractivity contribution >= 4 is 23.5 Å². The number of aromatic nitrogens is 3. The van der Waals surface area contributed by atoms with Crippen molar-refractivity contribution in [1.29, 1.82) is 0 Å². The van der Waals surface area contributed by atoms with Gasteiger partial charge in [-0.25, -0.2) is 0 Å². The average Bonchev–Trinajstić information content (AvgIpc) is 3.05. The lowest BCUT2D eigenvalue weighted by molar-refractivity contribution is 0.252. The highest BCUT2D eigenvalue weighted by Crippen LogP contribution is 2.26. The number of likely N-dealkylation sites (tertiary alicyclic amines) is 1. The smallest absolute Gasteiger partial charge is 0.233 e. The maximum absolute atomic E-state index is 9.85. The van der Waals surface area contributed by atoms with Gasteiger partial charge in [0, 0.05) is 24.8 Å². The summed E-state index contributed by atoms with van der Waals surface area (Å²) in [6, 6.07) is 6.26. The van der Waals surface area contributed by atoms with Crippen LogP contribution in [0.1, 0.15) is 56.9 Å². The van der Waals surface area contributed by atoms with Gasteiger partial charge in [-0.3, -0.25) is 0 Å². The minimum Gasteiger partial charge on any atom is -0.508 e. The third-order valence-electron chi connectivity index (χ3n) is 6.82. The van der Waals surface area contributed by atoms with Crippen molar-refractivity contribution in [3.8, 4) is 5.75 Å². The fraction of sp³-hybridized carbons (Fsp3) is 0.625. The second kappa shape index (κ2) is 10.3. The standard InChI is InChI=1S/C24H37N7O/c1-17-16-19(10-11-21(17)32)26-23-27-22(25-18-8-6-4-5-7-9-18)28-24(29-23)31(3)20-12-14-30(2)15-13-20/h10-11,16,18,20,32H,4-9,12-15H2,1-3H3,(H2,25,26,27,28,29). The fourth-order valence-electron chi connectivity index (χ4n) is 4.66. The summed E-state index contributed by atoms with van der Waals surface area (Å²) in [6.45, 7) is 4.06. The Morgan fingerprint density at radius 2 is 1.66 bits per heavy atom. The van der Waals surface area contributed by atoms with Crippen LogP contribution in [-0.2, 0) is 0 Å². The number of nitrogens with zero attached hydrogens (tertiary/aromatic N) is 5. The summed E-state index contributed by atoms with van der Waals surface area (Å²) in [4.78, 5) is 18.9. The van der Waals surface area contributed by atoms with Crippen molar-refractivity contribution in [3.63, 3.8) is 0 Å². The second-order valence-electron chi connectivity index (χ2n) is 9.39. The van der Waals surface area contributed by atoms with Gasteiger partial charge in [-0.1, -0.05) is 25.7 Å². The third kappa shape index (κ3) is 5.79. The molecule has 0 atom stereocenters. The highest BCUT2D eigenvalue weighted by molar-refractivity contribution is 5.58. The zero-order chi connectivity index (χ0) is 22.5. The Morgan fingerprint density at radius 3 is 2.34 bits per heavy atom. The molecular weight excluding hydrogens is 402 g/mol. The number of benzene rings is 1. The summed E-state index contributed by atoms with van der Waals surface area (Å²) in [6.07, 6.45) is 9.65. The van der Waals surface area contributed by atoms with Crippen molar-refractivity contribution in [2.24, 2.45) is 0 Å². The lowest BCUT2D eigenvalue weighted by Gasteiger charge is -2.35. The molecule has 2 fully saturated rings. The van der Waals surface area contributed by atoms with Gasteiger partial charge in [-0.15, -0.1) is 0 Å². The first-order valence-corrected chi connectivity index (χ1v) is 12.0. The van der Waals surface area contributed by atoms with Crippen LogP contribution in [0.25, 0.3) is 0 Å². The molecule has 8 heteroatoms. The van der Waals surface area contributed by atoms with Gasteiger partial charge in [0.2, 0.25) is 17.8 Å². The van der Waals surface area contributed by atoms with Crippen LogP contribution in [0.2, 0.25) is 0 Å². The van der Waals surface area contributed by atoms with Crippen LogP contribution in [0, 0.1) is 6.92 Å². The predicted molar refractivity (Wildman–Crippen MR) is 130 cm³/mol. The van der Waals surface area contributed by atoms with E-state index in [1.807, 2.05) is 19.1 Å². The van der Waals surface area contributed by atoms with Crippen molar-refractivity contribution in [3.05, 3.63) is 23.8 Å². The van der Waals surface area contributed by atoms with E-state index in [0.717, 1.165) is 50.0 Å². The third-order valence-corrected chi connectivity index (χ3v) is 6.82. The average molecular weight is 440 g/mol. The van der Waals surface area contributed by atoms with Crippen molar-refractivity contribution in [1.82, 2.24) is 19.9 Å². The van der Waals surface area contributed by atoms with Gasteiger partial charge in [0.05, 0.1) is 0 Å². The minimum absolute atomic E-state index is 0.282. The molecule has 0 unspecified atom stereocenters. The molecule has 1 aliphatic carbocycles. The van der Waals surface area contributed by atoms with Gasteiger partial charge in [0.15, 0.2) is 0 Å². The molecule has 1 aromatic heterocycles. The summed E-state index contributed by atoms with van der Waals surface area (Å²) in [5.74, 6) is 2.14. The Bertz CT molecular complexity index is 890. The summed E-state index contributed by atoms with van der Waals surface area (Å²) in [5, 5.41) is 16.8. The van der Waals surface area contributed by atoms with E-state index < -0.39 is 0 Å². The number of aromatic hydroxyl groups is 1. The van der Waals surface area contributed by atoms with Crippen molar-refractivity contribution < 1.29 is 5.11 Å². The zero-order valence-corrected chi connectivity index (χ0v) is 19.6. The first kappa shape index (κ1) is 22.6. The molecule has 0 radical (unpaired) electrons. The van der Waals surface area contributed by atoms with E-state index in [2.05, 4.69) is 34.5 Å². The molecule has 0 spiro atoms. The topological polar surface area (TPSA) is 89.4 Å². The molecule has 2 heterocycles. The number of phenols is 1. The molecule has 2 aromatic rings. The number of hydrogen-bond donors (Lipinski definition) is 3. The van der Waals surface area contributed by atoms with Crippen LogP contribution < -0.4 is 15.5 Å². The number of phenolic OH excluding ortho intramolecular Hbond substituents is 1. The second-order valence-corrected chi connectivity index (χ2v) is 9.39. The normalized spacial score (nSPS) is 18.8. The number of anilines is 4. The minimum atomic E-state index is 0.282. The molecule has 0 bridgehead atoms. The highest BCUT2D eigenvalue weighted by Gasteiger charge is 2.24. The van der Waals surface area contributed by atoms with Gasteiger partial charge >= 0.3 is 0 Å². The molecular formula is C24H37N7O.